The van der Waals surface area contributed by atoms with Crippen LogP contribution in [-0.4, -0.2) is 68.0 Å². The molecular weight excluding hydrogens is 624 g/mol. The zero-order valence-corrected chi connectivity index (χ0v) is 29.0. The minimum Gasteiger partial charge on any atom is -0.462 e. The Morgan fingerprint density at radius 2 is 1.52 bits per heavy atom. The highest BCUT2D eigenvalue weighted by Gasteiger charge is 2.55. The number of ether oxygens (including phenoxy) is 6. The molecule has 0 aliphatic heterocycles. The van der Waals surface area contributed by atoms with E-state index in [2.05, 4.69) is 13.8 Å². The molecule has 48 heavy (non-hydrogen) atoms. The molecule has 3 saturated carbocycles. The summed E-state index contributed by atoms with van der Waals surface area (Å²) in [5.41, 5.74) is 1.53. The molecular formula is C36H52O12. The summed E-state index contributed by atoms with van der Waals surface area (Å²) >= 11 is 0. The van der Waals surface area contributed by atoms with Crippen molar-refractivity contribution in [2.45, 2.75) is 124 Å². The van der Waals surface area contributed by atoms with Crippen LogP contribution >= 0.6 is 0 Å². The number of rotatable bonds is 12. The quantitative estimate of drug-likeness (QED) is 0.140. The SMILES string of the molecule is CC(=O)OCC(COC(C)=O)OC(=O)CC(C)CC(=O)OCOC(=O)O[C@H]1CCC[C@H]2[C@@H]3CCC4=CC(=O)CC[C@]4(C)[C@H]3CC[C@]2(C)C1. The second kappa shape index (κ2) is 16.3. The van der Waals surface area contributed by atoms with Crippen LogP contribution in [0.1, 0.15) is 112 Å². The number of carbonyl (C=O) groups is 6. The van der Waals surface area contributed by atoms with Crippen LogP contribution < -0.4 is 0 Å². The van der Waals surface area contributed by atoms with Crippen LogP contribution in [0.2, 0.25) is 0 Å². The van der Waals surface area contributed by atoms with Gasteiger partial charge in [-0.1, -0.05) is 26.3 Å². The Bertz CT molecular complexity index is 1240. The monoisotopic (exact) mass is 676 g/mol. The first-order valence-corrected chi connectivity index (χ1v) is 17.4. The summed E-state index contributed by atoms with van der Waals surface area (Å²) in [4.78, 5) is 71.6. The van der Waals surface area contributed by atoms with Crippen molar-refractivity contribution >= 4 is 35.8 Å². The van der Waals surface area contributed by atoms with E-state index in [9.17, 15) is 28.8 Å². The van der Waals surface area contributed by atoms with Crippen molar-refractivity contribution < 1.29 is 57.2 Å². The maximum Gasteiger partial charge on any atom is 0.511 e. The topological polar surface area (TPSA) is 158 Å². The zero-order chi connectivity index (χ0) is 35.1. The lowest BCUT2D eigenvalue weighted by Gasteiger charge is -2.58. The van der Waals surface area contributed by atoms with Gasteiger partial charge in [-0.25, -0.2) is 4.79 Å². The fourth-order valence-electron chi connectivity index (χ4n) is 8.84. The van der Waals surface area contributed by atoms with Crippen molar-refractivity contribution in [3.05, 3.63) is 11.6 Å². The number of hydrogen-bond acceptors (Lipinski definition) is 12. The van der Waals surface area contributed by atoms with Crippen LogP contribution in [0.25, 0.3) is 0 Å². The van der Waals surface area contributed by atoms with Crippen LogP contribution in [0, 0.1) is 34.5 Å². The van der Waals surface area contributed by atoms with Gasteiger partial charge in [0.15, 0.2) is 11.9 Å². The summed E-state index contributed by atoms with van der Waals surface area (Å²) < 4.78 is 30.8. The summed E-state index contributed by atoms with van der Waals surface area (Å²) in [6, 6.07) is 0. The third kappa shape index (κ3) is 9.81. The molecule has 4 aliphatic carbocycles. The first kappa shape index (κ1) is 37.4. The van der Waals surface area contributed by atoms with Gasteiger partial charge in [-0.3, -0.25) is 24.0 Å². The third-order valence-corrected chi connectivity index (χ3v) is 11.1. The highest BCUT2D eigenvalue weighted by molar-refractivity contribution is 5.91. The Hall–Kier alpha value is -3.44. The van der Waals surface area contributed by atoms with E-state index in [0.29, 0.717) is 24.2 Å². The average molecular weight is 677 g/mol. The maximum absolute atomic E-state index is 12.6. The molecule has 0 amide bonds. The molecule has 1 unspecified atom stereocenters. The number of ketones is 1. The molecule has 0 aromatic rings. The van der Waals surface area contributed by atoms with Gasteiger partial charge in [0.2, 0.25) is 6.79 Å². The first-order valence-electron chi connectivity index (χ1n) is 17.4. The van der Waals surface area contributed by atoms with E-state index in [0.717, 1.165) is 57.8 Å². The summed E-state index contributed by atoms with van der Waals surface area (Å²) in [5.74, 6) is -0.943. The molecule has 0 N–H and O–H groups in total. The van der Waals surface area contributed by atoms with Gasteiger partial charge >= 0.3 is 30.0 Å². The van der Waals surface area contributed by atoms with Gasteiger partial charge < -0.3 is 28.4 Å². The van der Waals surface area contributed by atoms with Crippen molar-refractivity contribution in [2.24, 2.45) is 34.5 Å². The summed E-state index contributed by atoms with van der Waals surface area (Å²) in [6.07, 6.45) is 9.00. The third-order valence-electron chi connectivity index (χ3n) is 11.1. The average Bonchev–Trinajstić information content (AvgIpc) is 3.16. The molecule has 0 saturated heterocycles. The van der Waals surface area contributed by atoms with E-state index in [4.69, 9.17) is 28.4 Å². The Labute approximate surface area is 282 Å². The van der Waals surface area contributed by atoms with Crippen LogP contribution in [-0.2, 0) is 52.4 Å². The van der Waals surface area contributed by atoms with Crippen molar-refractivity contribution in [2.75, 3.05) is 20.0 Å². The van der Waals surface area contributed by atoms with Gasteiger partial charge in [0, 0.05) is 33.1 Å². The van der Waals surface area contributed by atoms with Crippen LogP contribution in [0.3, 0.4) is 0 Å². The Morgan fingerprint density at radius 3 is 2.21 bits per heavy atom. The molecule has 7 atom stereocenters. The van der Waals surface area contributed by atoms with Crippen molar-refractivity contribution in [1.29, 1.82) is 0 Å². The molecule has 12 heteroatoms. The zero-order valence-electron chi connectivity index (χ0n) is 29.0. The molecule has 4 aliphatic rings. The second-order valence-electron chi connectivity index (χ2n) is 14.8. The van der Waals surface area contributed by atoms with Gasteiger partial charge in [-0.15, -0.1) is 0 Å². The van der Waals surface area contributed by atoms with Gasteiger partial charge in [-0.2, -0.15) is 0 Å². The fraction of sp³-hybridized carbons (Fsp3) is 0.778. The highest BCUT2D eigenvalue weighted by Crippen LogP contribution is 2.64. The maximum atomic E-state index is 12.6. The second-order valence-corrected chi connectivity index (χ2v) is 14.8. The van der Waals surface area contributed by atoms with Gasteiger partial charge in [0.05, 0.1) is 0 Å². The van der Waals surface area contributed by atoms with Crippen LogP contribution in [0.4, 0.5) is 4.79 Å². The number of allylic oxidation sites excluding steroid dienone is 2. The van der Waals surface area contributed by atoms with Crippen molar-refractivity contribution in [1.82, 2.24) is 0 Å². The Kier molecular flexibility index (Phi) is 12.7. The van der Waals surface area contributed by atoms with Crippen molar-refractivity contribution in [3.63, 3.8) is 0 Å². The standard InChI is InChI=1S/C36H52O12/c1-22(16-33(41)47-28(19-43-23(2)37)20-44-24(3)38)15-32(40)45-21-46-34(42)48-27-7-6-8-30-29-10-9-25-17-26(39)11-14-36(25,5)31(29)12-13-35(30,4)18-27/h17,22,27-31H,6-16,18-21H2,1-5H3/t22?,27-,29-,30-,31-,35+,36-/m0/s1. The van der Waals surface area contributed by atoms with E-state index >= 15 is 0 Å². The smallest absolute Gasteiger partial charge is 0.462 e. The van der Waals surface area contributed by atoms with Crippen LogP contribution in [0.5, 0.6) is 0 Å². The van der Waals surface area contributed by atoms with E-state index in [1.165, 1.54) is 19.4 Å². The van der Waals surface area contributed by atoms with Crippen molar-refractivity contribution in [3.8, 4) is 0 Å². The molecule has 268 valence electrons. The number of esters is 4. The number of fused-ring (bicyclic) bond motifs is 5. The summed E-state index contributed by atoms with van der Waals surface area (Å²) in [7, 11) is 0. The summed E-state index contributed by atoms with van der Waals surface area (Å²) in [5, 5.41) is 0. The molecule has 12 nitrogen and oxygen atoms in total. The van der Waals surface area contributed by atoms with Gasteiger partial charge in [0.25, 0.3) is 0 Å². The lowest BCUT2D eigenvalue weighted by Crippen LogP contribution is -2.51. The predicted octanol–water partition coefficient (Wildman–Crippen LogP) is 5.78. The molecule has 4 rings (SSSR count). The highest BCUT2D eigenvalue weighted by atomic mass is 16.8. The number of hydrogen-bond donors (Lipinski definition) is 0. The van der Waals surface area contributed by atoms with E-state index in [-0.39, 0.29) is 48.8 Å². The Balaban J connectivity index is 1.18. The molecule has 0 spiro atoms. The first-order chi connectivity index (χ1) is 22.7. The molecule has 0 radical (unpaired) electrons. The van der Waals surface area contributed by atoms with Gasteiger partial charge in [-0.05, 0) is 98.4 Å². The largest absolute Gasteiger partial charge is 0.511 e. The minimum absolute atomic E-state index is 0.0509. The van der Waals surface area contributed by atoms with Gasteiger partial charge in [0.1, 0.15) is 19.3 Å². The molecule has 0 aromatic heterocycles. The van der Waals surface area contributed by atoms with E-state index < -0.39 is 48.8 Å². The fourth-order valence-corrected chi connectivity index (χ4v) is 8.84. The Morgan fingerprint density at radius 1 is 0.833 bits per heavy atom. The molecule has 0 bridgehead atoms. The minimum atomic E-state index is -0.980. The lowest BCUT2D eigenvalue weighted by atomic mass is 9.46. The van der Waals surface area contributed by atoms with Crippen LogP contribution in [0.15, 0.2) is 11.6 Å². The lowest BCUT2D eigenvalue weighted by molar-refractivity contribution is -0.166. The summed E-state index contributed by atoms with van der Waals surface area (Å²) in [6.45, 7) is 7.62. The van der Waals surface area contributed by atoms with E-state index in [1.807, 2.05) is 6.08 Å². The predicted molar refractivity (Wildman–Crippen MR) is 170 cm³/mol. The molecule has 0 heterocycles. The van der Waals surface area contributed by atoms with E-state index in [1.54, 1.807) is 6.92 Å². The number of carbonyl (C=O) groups excluding carboxylic acids is 6. The normalized spacial score (nSPS) is 30.2. The molecule has 3 fully saturated rings. The molecule has 0 aromatic carbocycles.